The number of carbonyl (C=O) groups is 1. The fraction of sp³-hybridized carbons (Fsp3) is 0.333. The molecule has 0 spiro atoms. The van der Waals surface area contributed by atoms with Gasteiger partial charge in [-0.2, -0.15) is 4.99 Å². The van der Waals surface area contributed by atoms with Crippen LogP contribution in [0, 0.1) is 6.92 Å². The van der Waals surface area contributed by atoms with Crippen LogP contribution in [-0.4, -0.2) is 42.3 Å². The van der Waals surface area contributed by atoms with Crippen molar-refractivity contribution in [3.05, 3.63) is 52.4 Å². The van der Waals surface area contributed by atoms with Gasteiger partial charge in [-0.15, -0.1) is 0 Å². The molecule has 4 nitrogen and oxygen atoms in total. The minimum absolute atomic E-state index is 0.149. The van der Waals surface area contributed by atoms with Gasteiger partial charge in [0.1, 0.15) is 0 Å². The van der Waals surface area contributed by atoms with E-state index in [4.69, 9.17) is 4.74 Å². The highest BCUT2D eigenvalue weighted by molar-refractivity contribution is 8.18. The first-order chi connectivity index (χ1) is 11.1. The normalized spacial score (nSPS) is 21.0. The number of hydrogen-bond donors (Lipinski definition) is 0. The molecule has 1 amide bonds. The summed E-state index contributed by atoms with van der Waals surface area (Å²) in [6.45, 7) is 7.10. The van der Waals surface area contributed by atoms with Crippen molar-refractivity contribution in [2.45, 2.75) is 13.8 Å². The van der Waals surface area contributed by atoms with E-state index in [1.165, 1.54) is 17.3 Å². The standard InChI is InChI=1S/C18H20N2O2S/c1-13-3-6-15(7-4-13)14(2)5-8-16-17(21)19-18(23-16)20-9-11-22-12-10-20/h3-8H,9-12H2,1-2H3/b14-5-,16-8+. The maximum Gasteiger partial charge on any atom is 0.286 e. The summed E-state index contributed by atoms with van der Waals surface area (Å²) < 4.78 is 5.33. The van der Waals surface area contributed by atoms with Gasteiger partial charge in [-0.1, -0.05) is 35.9 Å². The van der Waals surface area contributed by atoms with Gasteiger partial charge in [0.2, 0.25) is 0 Å². The zero-order chi connectivity index (χ0) is 16.2. The first kappa shape index (κ1) is 16.0. The predicted octanol–water partition coefficient (Wildman–Crippen LogP) is 3.24. The number of hydrogen-bond acceptors (Lipinski definition) is 4. The smallest absolute Gasteiger partial charge is 0.286 e. The number of aryl methyl sites for hydroxylation is 1. The van der Waals surface area contributed by atoms with Crippen LogP contribution in [0.4, 0.5) is 0 Å². The monoisotopic (exact) mass is 328 g/mol. The summed E-state index contributed by atoms with van der Waals surface area (Å²) >= 11 is 1.45. The van der Waals surface area contributed by atoms with E-state index in [1.807, 2.05) is 12.2 Å². The number of aliphatic imine (C=N–C) groups is 1. The molecule has 1 aromatic rings. The zero-order valence-electron chi connectivity index (χ0n) is 13.4. The van der Waals surface area contributed by atoms with Gasteiger partial charge in [0.05, 0.1) is 18.1 Å². The van der Waals surface area contributed by atoms with E-state index in [-0.39, 0.29) is 5.91 Å². The third-order valence-corrected chi connectivity index (χ3v) is 4.95. The number of ether oxygens (including phenoxy) is 1. The molecule has 2 aliphatic rings. The molecule has 0 unspecified atom stereocenters. The van der Waals surface area contributed by atoms with E-state index in [0.717, 1.165) is 29.4 Å². The molecule has 1 aromatic carbocycles. The number of rotatable bonds is 2. The minimum atomic E-state index is -0.149. The van der Waals surface area contributed by atoms with Crippen molar-refractivity contribution in [2.75, 3.05) is 26.3 Å². The highest BCUT2D eigenvalue weighted by Gasteiger charge is 2.26. The molecular formula is C18H20N2O2S. The Morgan fingerprint density at radius 1 is 1.26 bits per heavy atom. The molecule has 2 heterocycles. The quantitative estimate of drug-likeness (QED) is 0.782. The Labute approximate surface area is 140 Å². The van der Waals surface area contributed by atoms with Gasteiger partial charge in [-0.25, -0.2) is 0 Å². The van der Waals surface area contributed by atoms with Crippen molar-refractivity contribution in [3.8, 4) is 0 Å². The molecule has 120 valence electrons. The fourth-order valence-corrected chi connectivity index (χ4v) is 3.32. The SMILES string of the molecule is C/C(=C/C=C1/SC(N2CCOCC2)=NC1=O)c1ccc(C)cc1. The second kappa shape index (κ2) is 7.15. The number of thioether (sulfide) groups is 1. The van der Waals surface area contributed by atoms with Crippen molar-refractivity contribution >= 4 is 28.4 Å². The van der Waals surface area contributed by atoms with Gasteiger partial charge < -0.3 is 9.64 Å². The number of carbonyl (C=O) groups excluding carboxylic acids is 1. The van der Waals surface area contributed by atoms with Crippen LogP contribution in [0.5, 0.6) is 0 Å². The third-order valence-electron chi connectivity index (χ3n) is 3.88. The van der Waals surface area contributed by atoms with Gasteiger partial charge in [-0.3, -0.25) is 4.79 Å². The van der Waals surface area contributed by atoms with Gasteiger partial charge in [-0.05, 0) is 42.8 Å². The largest absolute Gasteiger partial charge is 0.378 e. The molecule has 0 aliphatic carbocycles. The highest BCUT2D eigenvalue weighted by Crippen LogP contribution is 2.29. The summed E-state index contributed by atoms with van der Waals surface area (Å²) in [6, 6.07) is 8.38. The molecule has 5 heteroatoms. The molecule has 1 fully saturated rings. The van der Waals surface area contributed by atoms with Crippen LogP contribution in [0.2, 0.25) is 0 Å². The molecule has 0 radical (unpaired) electrons. The number of nitrogens with zero attached hydrogens (tertiary/aromatic N) is 2. The van der Waals surface area contributed by atoms with Crippen LogP contribution in [0.15, 0.2) is 46.3 Å². The molecule has 0 atom stereocenters. The summed E-state index contributed by atoms with van der Waals surface area (Å²) in [5.74, 6) is -0.149. The van der Waals surface area contributed by atoms with Gasteiger partial charge in [0, 0.05) is 13.1 Å². The lowest BCUT2D eigenvalue weighted by Crippen LogP contribution is -2.38. The van der Waals surface area contributed by atoms with Crippen LogP contribution >= 0.6 is 11.8 Å². The maximum absolute atomic E-state index is 12.1. The summed E-state index contributed by atoms with van der Waals surface area (Å²) in [4.78, 5) is 19.0. The first-order valence-corrected chi connectivity index (χ1v) is 8.54. The van der Waals surface area contributed by atoms with Crippen molar-refractivity contribution in [2.24, 2.45) is 4.99 Å². The van der Waals surface area contributed by atoms with Gasteiger partial charge >= 0.3 is 0 Å². The Kier molecular flexibility index (Phi) is 4.98. The number of benzene rings is 1. The van der Waals surface area contributed by atoms with E-state index in [0.29, 0.717) is 18.1 Å². The van der Waals surface area contributed by atoms with Crippen molar-refractivity contribution < 1.29 is 9.53 Å². The van der Waals surface area contributed by atoms with Crippen molar-refractivity contribution in [1.29, 1.82) is 0 Å². The molecule has 0 N–H and O–H groups in total. The predicted molar refractivity (Wildman–Crippen MR) is 95.3 cm³/mol. The Balaban J connectivity index is 1.70. The number of allylic oxidation sites excluding steroid dienone is 3. The lowest BCUT2D eigenvalue weighted by molar-refractivity contribution is -0.113. The molecule has 1 saturated heterocycles. The molecule has 23 heavy (non-hydrogen) atoms. The number of amides is 1. The van der Waals surface area contributed by atoms with Gasteiger partial charge in [0.15, 0.2) is 5.17 Å². The minimum Gasteiger partial charge on any atom is -0.378 e. The summed E-state index contributed by atoms with van der Waals surface area (Å²) in [7, 11) is 0. The Morgan fingerprint density at radius 2 is 1.96 bits per heavy atom. The number of morpholine rings is 1. The van der Waals surface area contributed by atoms with Gasteiger partial charge in [0.25, 0.3) is 5.91 Å². The van der Waals surface area contributed by atoms with Crippen molar-refractivity contribution in [3.63, 3.8) is 0 Å². The zero-order valence-corrected chi connectivity index (χ0v) is 14.2. The van der Waals surface area contributed by atoms with Crippen LogP contribution in [0.1, 0.15) is 18.1 Å². The highest BCUT2D eigenvalue weighted by atomic mass is 32.2. The lowest BCUT2D eigenvalue weighted by atomic mass is 10.1. The van der Waals surface area contributed by atoms with E-state index in [2.05, 4.69) is 48.0 Å². The summed E-state index contributed by atoms with van der Waals surface area (Å²) in [5.41, 5.74) is 3.54. The van der Waals surface area contributed by atoms with Crippen LogP contribution in [-0.2, 0) is 9.53 Å². The van der Waals surface area contributed by atoms with Crippen LogP contribution in [0.25, 0.3) is 5.57 Å². The fourth-order valence-electron chi connectivity index (χ4n) is 2.42. The van der Waals surface area contributed by atoms with E-state index >= 15 is 0 Å². The molecule has 0 aromatic heterocycles. The maximum atomic E-state index is 12.1. The molecule has 2 aliphatic heterocycles. The average molecular weight is 328 g/mol. The Bertz CT molecular complexity index is 683. The topological polar surface area (TPSA) is 41.9 Å². The molecule has 0 bridgehead atoms. The Hall–Kier alpha value is -1.85. The van der Waals surface area contributed by atoms with Crippen molar-refractivity contribution in [1.82, 2.24) is 4.90 Å². The summed E-state index contributed by atoms with van der Waals surface area (Å²) in [5, 5.41) is 0.797. The van der Waals surface area contributed by atoms with Crippen LogP contribution < -0.4 is 0 Å². The van der Waals surface area contributed by atoms with E-state index < -0.39 is 0 Å². The third kappa shape index (κ3) is 3.92. The first-order valence-electron chi connectivity index (χ1n) is 7.73. The van der Waals surface area contributed by atoms with E-state index in [9.17, 15) is 4.79 Å². The molecule has 3 rings (SSSR count). The average Bonchev–Trinajstić information content (AvgIpc) is 2.95. The molecule has 0 saturated carbocycles. The van der Waals surface area contributed by atoms with E-state index in [1.54, 1.807) is 0 Å². The second-order valence-corrected chi connectivity index (χ2v) is 6.66. The Morgan fingerprint density at radius 3 is 2.65 bits per heavy atom. The lowest BCUT2D eigenvalue weighted by Gasteiger charge is -2.27. The molecular weight excluding hydrogens is 308 g/mol. The number of amidine groups is 1. The van der Waals surface area contributed by atoms with Crippen LogP contribution in [0.3, 0.4) is 0 Å². The summed E-state index contributed by atoms with van der Waals surface area (Å²) in [6.07, 6.45) is 3.86. The second-order valence-electron chi connectivity index (χ2n) is 5.65.